The summed E-state index contributed by atoms with van der Waals surface area (Å²) < 4.78 is 24.8. The van der Waals surface area contributed by atoms with Crippen LogP contribution in [0.15, 0.2) is 15.2 Å². The molecule has 0 spiro atoms. The molecule has 6 heteroatoms. The summed E-state index contributed by atoms with van der Waals surface area (Å²) in [7, 11) is -3.07. The third-order valence-corrected chi connectivity index (χ3v) is 3.38. The molecule has 0 saturated carbocycles. The first kappa shape index (κ1) is 10.2. The summed E-state index contributed by atoms with van der Waals surface area (Å²) in [6, 6.07) is 1.89. The van der Waals surface area contributed by atoms with Crippen molar-refractivity contribution < 1.29 is 8.42 Å². The van der Waals surface area contributed by atoms with Crippen LogP contribution in [0.4, 0.5) is 0 Å². The standard InChI is InChI=1S/C6H8BrNO2S2/c1-12(9,10)8-3-5-2-6(7)11-4-5/h2,4,8H,3H2,1H3. The molecule has 0 atom stereocenters. The molecule has 12 heavy (non-hydrogen) atoms. The van der Waals surface area contributed by atoms with Gasteiger partial charge in [0.15, 0.2) is 0 Å². The zero-order valence-electron chi connectivity index (χ0n) is 6.37. The molecular weight excluding hydrogens is 262 g/mol. The van der Waals surface area contributed by atoms with Crippen LogP contribution >= 0.6 is 27.3 Å². The van der Waals surface area contributed by atoms with Gasteiger partial charge in [-0.15, -0.1) is 11.3 Å². The Labute approximate surface area is 84.0 Å². The van der Waals surface area contributed by atoms with Crippen LogP contribution in [0.3, 0.4) is 0 Å². The Morgan fingerprint density at radius 2 is 2.33 bits per heavy atom. The van der Waals surface area contributed by atoms with Crippen molar-refractivity contribution in [1.82, 2.24) is 4.72 Å². The van der Waals surface area contributed by atoms with Crippen LogP contribution in [-0.2, 0) is 16.6 Å². The van der Waals surface area contributed by atoms with Crippen LogP contribution in [0.25, 0.3) is 0 Å². The minimum atomic E-state index is -3.07. The molecule has 0 aromatic carbocycles. The van der Waals surface area contributed by atoms with E-state index in [0.717, 1.165) is 15.6 Å². The molecule has 0 bridgehead atoms. The van der Waals surface area contributed by atoms with E-state index in [2.05, 4.69) is 20.7 Å². The Bertz CT molecular complexity index is 357. The molecule has 0 aliphatic heterocycles. The van der Waals surface area contributed by atoms with E-state index in [0.29, 0.717) is 6.54 Å². The van der Waals surface area contributed by atoms with E-state index in [9.17, 15) is 8.42 Å². The van der Waals surface area contributed by atoms with Gasteiger partial charge in [-0.1, -0.05) is 0 Å². The second-order valence-electron chi connectivity index (χ2n) is 2.35. The molecule has 1 heterocycles. The predicted molar refractivity (Wildman–Crippen MR) is 53.7 cm³/mol. The quantitative estimate of drug-likeness (QED) is 0.906. The fourth-order valence-corrected chi connectivity index (χ4v) is 2.29. The van der Waals surface area contributed by atoms with Crippen molar-refractivity contribution in [3.63, 3.8) is 0 Å². The molecule has 0 aliphatic rings. The lowest BCUT2D eigenvalue weighted by molar-refractivity contribution is 0.587. The summed E-state index contributed by atoms with van der Waals surface area (Å²) in [6.45, 7) is 0.362. The molecule has 3 nitrogen and oxygen atoms in total. The topological polar surface area (TPSA) is 46.2 Å². The second-order valence-corrected chi connectivity index (χ2v) is 6.48. The molecule has 1 aromatic heterocycles. The lowest BCUT2D eigenvalue weighted by atomic mass is 10.4. The van der Waals surface area contributed by atoms with E-state index >= 15 is 0 Å². The molecule has 0 amide bonds. The minimum Gasteiger partial charge on any atom is -0.213 e. The number of hydrogen-bond acceptors (Lipinski definition) is 3. The van der Waals surface area contributed by atoms with Crippen LogP contribution in [0.5, 0.6) is 0 Å². The average Bonchev–Trinajstić information content (AvgIpc) is 2.30. The first-order chi connectivity index (χ1) is 5.47. The smallest absolute Gasteiger partial charge is 0.209 e. The molecule has 1 rings (SSSR count). The number of sulfonamides is 1. The van der Waals surface area contributed by atoms with Gasteiger partial charge in [0.05, 0.1) is 10.0 Å². The highest BCUT2D eigenvalue weighted by atomic mass is 79.9. The van der Waals surface area contributed by atoms with E-state index in [1.165, 1.54) is 11.3 Å². The molecule has 0 fully saturated rings. The van der Waals surface area contributed by atoms with Gasteiger partial charge in [-0.2, -0.15) is 0 Å². The Morgan fingerprint density at radius 3 is 2.75 bits per heavy atom. The molecule has 1 aromatic rings. The molecule has 0 radical (unpaired) electrons. The second kappa shape index (κ2) is 3.87. The van der Waals surface area contributed by atoms with Crippen LogP contribution in [0, 0.1) is 0 Å². The van der Waals surface area contributed by atoms with Crippen molar-refractivity contribution in [2.24, 2.45) is 0 Å². The van der Waals surface area contributed by atoms with Gasteiger partial charge in [-0.3, -0.25) is 0 Å². The van der Waals surface area contributed by atoms with E-state index in [1.54, 1.807) is 0 Å². The lowest BCUT2D eigenvalue weighted by Gasteiger charge is -1.97. The highest BCUT2D eigenvalue weighted by Crippen LogP contribution is 2.20. The predicted octanol–water partition coefficient (Wildman–Crippen LogP) is 1.56. The number of hydrogen-bond donors (Lipinski definition) is 1. The molecule has 0 aliphatic carbocycles. The maximum Gasteiger partial charge on any atom is 0.209 e. The van der Waals surface area contributed by atoms with Crippen molar-refractivity contribution in [3.8, 4) is 0 Å². The maximum atomic E-state index is 10.7. The first-order valence-electron chi connectivity index (χ1n) is 3.15. The van der Waals surface area contributed by atoms with E-state index in [1.807, 2.05) is 11.4 Å². The van der Waals surface area contributed by atoms with Crippen molar-refractivity contribution in [3.05, 3.63) is 20.8 Å². The average molecular weight is 270 g/mol. The van der Waals surface area contributed by atoms with E-state index in [-0.39, 0.29) is 0 Å². The van der Waals surface area contributed by atoms with Gasteiger partial charge in [0, 0.05) is 6.54 Å². The molecule has 68 valence electrons. The zero-order valence-corrected chi connectivity index (χ0v) is 9.59. The molecule has 0 unspecified atom stereocenters. The Balaban J connectivity index is 2.55. The normalized spacial score (nSPS) is 11.8. The van der Waals surface area contributed by atoms with Crippen LogP contribution in [0.1, 0.15) is 5.56 Å². The van der Waals surface area contributed by atoms with Crippen LogP contribution in [0.2, 0.25) is 0 Å². The number of halogens is 1. The Morgan fingerprint density at radius 1 is 1.67 bits per heavy atom. The fourth-order valence-electron chi connectivity index (χ4n) is 0.653. The van der Waals surface area contributed by atoms with Gasteiger partial charge >= 0.3 is 0 Å². The first-order valence-corrected chi connectivity index (χ1v) is 6.71. The fraction of sp³-hybridized carbons (Fsp3) is 0.333. The van der Waals surface area contributed by atoms with Gasteiger partial charge in [0.25, 0.3) is 0 Å². The maximum absolute atomic E-state index is 10.7. The largest absolute Gasteiger partial charge is 0.213 e. The number of nitrogens with one attached hydrogen (secondary N) is 1. The summed E-state index contributed by atoms with van der Waals surface area (Å²) in [5.41, 5.74) is 0.970. The SMILES string of the molecule is CS(=O)(=O)NCc1csc(Br)c1. The van der Waals surface area contributed by atoms with Gasteiger partial charge < -0.3 is 0 Å². The van der Waals surface area contributed by atoms with Crippen molar-refractivity contribution in [1.29, 1.82) is 0 Å². The van der Waals surface area contributed by atoms with Crippen molar-refractivity contribution >= 4 is 37.3 Å². The number of thiophene rings is 1. The van der Waals surface area contributed by atoms with Gasteiger partial charge in [-0.05, 0) is 32.9 Å². The minimum absolute atomic E-state index is 0.362. The lowest BCUT2D eigenvalue weighted by Crippen LogP contribution is -2.20. The third kappa shape index (κ3) is 3.66. The van der Waals surface area contributed by atoms with Crippen LogP contribution in [-0.4, -0.2) is 14.7 Å². The van der Waals surface area contributed by atoms with Crippen molar-refractivity contribution in [2.45, 2.75) is 6.54 Å². The molecule has 0 saturated heterocycles. The monoisotopic (exact) mass is 269 g/mol. The zero-order chi connectivity index (χ0) is 9.19. The van der Waals surface area contributed by atoms with Gasteiger partial charge in [0.1, 0.15) is 0 Å². The van der Waals surface area contributed by atoms with Crippen LogP contribution < -0.4 is 4.72 Å². The molecule has 1 N–H and O–H groups in total. The third-order valence-electron chi connectivity index (χ3n) is 1.16. The summed E-state index contributed by atoms with van der Waals surface area (Å²) in [5, 5.41) is 1.91. The Kier molecular flexibility index (Phi) is 3.28. The van der Waals surface area contributed by atoms with E-state index in [4.69, 9.17) is 0 Å². The molecular formula is C6H8BrNO2S2. The highest BCUT2D eigenvalue weighted by molar-refractivity contribution is 9.11. The number of rotatable bonds is 3. The summed E-state index contributed by atoms with van der Waals surface area (Å²) in [4.78, 5) is 0. The Hall–Kier alpha value is 0.0900. The summed E-state index contributed by atoms with van der Waals surface area (Å²) in [5.74, 6) is 0. The van der Waals surface area contributed by atoms with Gasteiger partial charge in [-0.25, -0.2) is 13.1 Å². The summed E-state index contributed by atoms with van der Waals surface area (Å²) >= 11 is 4.83. The van der Waals surface area contributed by atoms with E-state index < -0.39 is 10.0 Å². The van der Waals surface area contributed by atoms with Gasteiger partial charge in [0.2, 0.25) is 10.0 Å². The summed E-state index contributed by atoms with van der Waals surface area (Å²) in [6.07, 6.45) is 1.15. The highest BCUT2D eigenvalue weighted by Gasteiger charge is 2.01. The van der Waals surface area contributed by atoms with Crippen molar-refractivity contribution in [2.75, 3.05) is 6.26 Å².